The fourth-order valence-corrected chi connectivity index (χ4v) is 9.78. The molecule has 0 spiro atoms. The molecule has 0 aliphatic heterocycles. The number of hydrogen-bond acceptors (Lipinski definition) is 3. The maximum atomic E-state index is 11.2. The van der Waals surface area contributed by atoms with Crippen molar-refractivity contribution in [3.8, 4) is 0 Å². The van der Waals surface area contributed by atoms with Gasteiger partial charge in [0.1, 0.15) is 0 Å². The third-order valence-corrected chi connectivity index (χ3v) is 11.5. The van der Waals surface area contributed by atoms with Gasteiger partial charge in [0, 0.05) is 12.6 Å². The summed E-state index contributed by atoms with van der Waals surface area (Å²) >= 11 is 0. The van der Waals surface area contributed by atoms with Crippen LogP contribution >= 0.6 is 12.4 Å². The first kappa shape index (κ1) is 29.8. The predicted molar refractivity (Wildman–Crippen MR) is 149 cm³/mol. The Labute approximate surface area is 225 Å². The normalized spacial score (nSPS) is 41.3. The van der Waals surface area contributed by atoms with Crippen LogP contribution in [0.4, 0.5) is 4.79 Å². The zero-order valence-electron chi connectivity index (χ0n) is 23.3. The van der Waals surface area contributed by atoms with Crippen molar-refractivity contribution in [3.05, 3.63) is 11.6 Å². The summed E-state index contributed by atoms with van der Waals surface area (Å²) in [5, 5.41) is 22.4. The third-order valence-electron chi connectivity index (χ3n) is 11.5. The number of carboxylic acid groups (broad SMARTS) is 1. The van der Waals surface area contributed by atoms with E-state index in [-0.39, 0.29) is 42.4 Å². The molecule has 6 heteroatoms. The van der Waals surface area contributed by atoms with Crippen molar-refractivity contribution >= 4 is 18.5 Å². The van der Waals surface area contributed by atoms with Gasteiger partial charge >= 0.3 is 6.09 Å². The first-order valence-electron chi connectivity index (χ1n) is 14.6. The fraction of sp³-hybridized carbons (Fsp3) is 0.900. The Bertz CT molecular complexity index is 803. The van der Waals surface area contributed by atoms with Crippen molar-refractivity contribution in [2.45, 2.75) is 111 Å². The number of amides is 1. The summed E-state index contributed by atoms with van der Waals surface area (Å²) in [6.07, 6.45) is 13.0. The average Bonchev–Trinajstić information content (AvgIpc) is 3.14. The molecule has 208 valence electrons. The molecule has 4 aliphatic carbocycles. The van der Waals surface area contributed by atoms with Gasteiger partial charge in [0.25, 0.3) is 0 Å². The molecule has 10 atom stereocenters. The van der Waals surface area contributed by atoms with E-state index in [2.05, 4.69) is 46.0 Å². The van der Waals surface area contributed by atoms with Gasteiger partial charge in [-0.25, -0.2) is 4.79 Å². The lowest BCUT2D eigenvalue weighted by Crippen LogP contribution is -2.58. The first-order valence-corrected chi connectivity index (χ1v) is 14.6. The molecule has 0 saturated heterocycles. The molecule has 1 amide bonds. The minimum absolute atomic E-state index is 0. The second-order valence-electron chi connectivity index (χ2n) is 13.7. The van der Waals surface area contributed by atoms with Crippen LogP contribution in [0.2, 0.25) is 0 Å². The highest BCUT2D eigenvalue weighted by atomic mass is 35.5. The van der Waals surface area contributed by atoms with Gasteiger partial charge in [-0.2, -0.15) is 0 Å². The van der Waals surface area contributed by atoms with E-state index in [1.54, 1.807) is 0 Å². The van der Waals surface area contributed by atoms with Crippen LogP contribution in [0.1, 0.15) is 98.8 Å². The average molecular weight is 525 g/mol. The summed E-state index contributed by atoms with van der Waals surface area (Å²) in [4.78, 5) is 11.2. The van der Waals surface area contributed by atoms with E-state index >= 15 is 0 Å². The zero-order chi connectivity index (χ0) is 25.5. The highest BCUT2D eigenvalue weighted by molar-refractivity contribution is 5.85. The predicted octanol–water partition coefficient (Wildman–Crippen LogP) is 6.63. The second kappa shape index (κ2) is 11.5. The van der Waals surface area contributed by atoms with E-state index < -0.39 is 6.09 Å². The molecule has 0 aromatic rings. The van der Waals surface area contributed by atoms with Crippen LogP contribution in [0.3, 0.4) is 0 Å². The largest absolute Gasteiger partial charge is 0.465 e. The van der Waals surface area contributed by atoms with E-state index in [1.165, 1.54) is 50.5 Å². The van der Waals surface area contributed by atoms with E-state index in [4.69, 9.17) is 10.8 Å². The molecule has 0 aromatic carbocycles. The van der Waals surface area contributed by atoms with Crippen LogP contribution < -0.4 is 11.1 Å². The molecular formula is C30H53ClN2O3. The second-order valence-corrected chi connectivity index (χ2v) is 13.7. The lowest BCUT2D eigenvalue weighted by atomic mass is 9.44. The lowest BCUT2D eigenvalue weighted by molar-refractivity contribution is -0.0835. The van der Waals surface area contributed by atoms with Crippen molar-refractivity contribution < 1.29 is 15.0 Å². The Morgan fingerprint density at radius 1 is 1.14 bits per heavy atom. The molecule has 0 heterocycles. The Kier molecular flexibility index (Phi) is 9.54. The SMILES string of the molecule is CC(C)CCC[C@@H](C)[C@H]1CC[C@H]2[C@@H]3CC=C4C[C@@H](O)CC(C(N)CNC(=O)O)[C@]4(C)[C@H]3CC[C@]12C.Cl. The maximum absolute atomic E-state index is 11.2. The summed E-state index contributed by atoms with van der Waals surface area (Å²) < 4.78 is 0. The van der Waals surface area contributed by atoms with Gasteiger partial charge in [-0.05, 0) is 97.2 Å². The van der Waals surface area contributed by atoms with Crippen LogP contribution in [0.5, 0.6) is 0 Å². The lowest BCUT2D eigenvalue weighted by Gasteiger charge is -2.61. The minimum atomic E-state index is -1.02. The van der Waals surface area contributed by atoms with Crippen LogP contribution in [-0.4, -0.2) is 35.0 Å². The maximum Gasteiger partial charge on any atom is 0.404 e. The Morgan fingerprint density at radius 3 is 2.53 bits per heavy atom. The summed E-state index contributed by atoms with van der Waals surface area (Å²) in [6, 6.07) is -0.279. The monoisotopic (exact) mass is 524 g/mol. The number of carbonyl (C=O) groups is 1. The molecule has 36 heavy (non-hydrogen) atoms. The molecular weight excluding hydrogens is 472 g/mol. The van der Waals surface area contributed by atoms with Gasteiger partial charge in [0.05, 0.1) is 6.10 Å². The highest BCUT2D eigenvalue weighted by Crippen LogP contribution is 2.68. The van der Waals surface area contributed by atoms with Gasteiger partial charge in [-0.3, -0.25) is 0 Å². The Morgan fingerprint density at radius 2 is 1.86 bits per heavy atom. The minimum Gasteiger partial charge on any atom is -0.465 e. The van der Waals surface area contributed by atoms with Crippen LogP contribution in [0, 0.1) is 52.3 Å². The molecule has 0 radical (unpaired) electrons. The summed E-state index contributed by atoms with van der Waals surface area (Å²) in [7, 11) is 0. The number of halogens is 1. The molecule has 0 aromatic heterocycles. The molecule has 0 bridgehead atoms. The van der Waals surface area contributed by atoms with Gasteiger partial charge in [0.15, 0.2) is 0 Å². The third kappa shape index (κ3) is 5.36. The van der Waals surface area contributed by atoms with Crippen molar-refractivity contribution in [1.29, 1.82) is 0 Å². The van der Waals surface area contributed by atoms with Gasteiger partial charge < -0.3 is 21.3 Å². The number of nitrogens with two attached hydrogens (primary N) is 1. The van der Waals surface area contributed by atoms with Crippen LogP contribution in [0.25, 0.3) is 0 Å². The number of aliphatic hydroxyl groups excluding tert-OH is 1. The molecule has 4 rings (SSSR count). The van der Waals surface area contributed by atoms with Crippen molar-refractivity contribution in [2.75, 3.05) is 6.54 Å². The highest BCUT2D eigenvalue weighted by Gasteiger charge is 2.61. The number of allylic oxidation sites excluding steroid dienone is 1. The number of nitrogens with one attached hydrogen (secondary N) is 1. The van der Waals surface area contributed by atoms with E-state index in [1.807, 2.05) is 0 Å². The smallest absolute Gasteiger partial charge is 0.404 e. The number of aliphatic hydroxyl groups is 1. The number of fused-ring (bicyclic) bond motifs is 5. The fourth-order valence-electron chi connectivity index (χ4n) is 9.78. The standard InChI is InChI=1S/C30H52N2O3.ClH/c1-18(2)7-6-8-19(3)23-11-12-24-22-10-9-20-15-21(33)16-26(27(31)17-32-28(34)35)30(20,5)25(22)13-14-29(23,24)4;/h9,18-19,21-27,32-33H,6-8,10-17,31H2,1-5H3,(H,34,35);1H/t19-,21-,22+,23-,24+,25+,26?,27?,29-,30+;/m1./s1. The van der Waals surface area contributed by atoms with Crippen LogP contribution in [0.15, 0.2) is 11.6 Å². The summed E-state index contributed by atoms with van der Waals surface area (Å²) in [5.41, 5.74) is 8.47. The van der Waals surface area contributed by atoms with E-state index in [0.29, 0.717) is 23.7 Å². The summed E-state index contributed by atoms with van der Waals surface area (Å²) in [5.74, 6) is 4.59. The number of rotatable bonds is 8. The Balaban J connectivity index is 0.00000361. The zero-order valence-corrected chi connectivity index (χ0v) is 24.2. The van der Waals surface area contributed by atoms with Crippen molar-refractivity contribution in [2.24, 2.45) is 58.0 Å². The van der Waals surface area contributed by atoms with Crippen molar-refractivity contribution in [1.82, 2.24) is 5.32 Å². The quantitative estimate of drug-likeness (QED) is 0.268. The van der Waals surface area contributed by atoms with Gasteiger partial charge in [-0.1, -0.05) is 65.5 Å². The molecule has 4 aliphatic rings. The number of hydrogen-bond donors (Lipinski definition) is 4. The van der Waals surface area contributed by atoms with Gasteiger partial charge in [-0.15, -0.1) is 12.4 Å². The van der Waals surface area contributed by atoms with E-state index in [9.17, 15) is 9.90 Å². The molecule has 2 unspecified atom stereocenters. The van der Waals surface area contributed by atoms with E-state index in [0.717, 1.165) is 36.5 Å². The molecule has 3 saturated carbocycles. The molecule has 5 N–H and O–H groups in total. The van der Waals surface area contributed by atoms with Crippen molar-refractivity contribution in [3.63, 3.8) is 0 Å². The Hall–Kier alpha value is -0.780. The molecule has 5 nitrogen and oxygen atoms in total. The summed E-state index contributed by atoms with van der Waals surface area (Å²) in [6.45, 7) is 12.5. The van der Waals surface area contributed by atoms with Gasteiger partial charge in [0.2, 0.25) is 0 Å². The van der Waals surface area contributed by atoms with Crippen LogP contribution in [-0.2, 0) is 0 Å². The topological polar surface area (TPSA) is 95.6 Å². The first-order chi connectivity index (χ1) is 16.5. The molecule has 3 fully saturated rings.